The fourth-order valence-electron chi connectivity index (χ4n) is 2.28. The molecule has 0 aliphatic rings. The molecular formula is C17H13ClFNOS. The molecular weight excluding hydrogens is 321 g/mol. The van der Waals surface area contributed by atoms with E-state index in [9.17, 15) is 9.18 Å². The predicted octanol–water partition coefficient (Wildman–Crippen LogP) is 4.97. The van der Waals surface area contributed by atoms with Crippen molar-refractivity contribution < 1.29 is 9.18 Å². The zero-order valence-electron chi connectivity index (χ0n) is 11.8. The van der Waals surface area contributed by atoms with E-state index >= 15 is 0 Å². The highest BCUT2D eigenvalue weighted by atomic mass is 35.5. The van der Waals surface area contributed by atoms with Gasteiger partial charge in [-0.3, -0.25) is 4.79 Å². The third-order valence-electron chi connectivity index (χ3n) is 3.40. The average Bonchev–Trinajstić information content (AvgIpc) is 2.83. The summed E-state index contributed by atoms with van der Waals surface area (Å²) in [5, 5.41) is 1.11. The standard InChI is InChI=1S/C17H13ClFNOS/c1-20(10-11-5-3-2-4-6-11)17(21)16-15(18)13-8-7-12(19)9-14(13)22-16/h2-9H,10H2,1H3. The third kappa shape index (κ3) is 2.85. The Morgan fingerprint density at radius 1 is 1.23 bits per heavy atom. The van der Waals surface area contributed by atoms with Gasteiger partial charge in [-0.25, -0.2) is 4.39 Å². The highest BCUT2D eigenvalue weighted by Gasteiger charge is 2.20. The summed E-state index contributed by atoms with van der Waals surface area (Å²) < 4.78 is 14.0. The second kappa shape index (κ2) is 6.07. The normalized spacial score (nSPS) is 10.9. The number of carbonyl (C=O) groups is 1. The van der Waals surface area contributed by atoms with Gasteiger partial charge in [-0.15, -0.1) is 11.3 Å². The molecule has 0 unspecified atom stereocenters. The van der Waals surface area contributed by atoms with Crippen molar-refractivity contribution in [2.24, 2.45) is 0 Å². The van der Waals surface area contributed by atoms with Crippen LogP contribution < -0.4 is 0 Å². The molecule has 0 aliphatic heterocycles. The van der Waals surface area contributed by atoms with E-state index in [1.54, 1.807) is 18.0 Å². The minimum Gasteiger partial charge on any atom is -0.337 e. The fourth-order valence-corrected chi connectivity index (χ4v) is 3.81. The third-order valence-corrected chi connectivity index (χ3v) is 5.04. The van der Waals surface area contributed by atoms with Crippen molar-refractivity contribution in [2.75, 3.05) is 7.05 Å². The maximum absolute atomic E-state index is 13.3. The van der Waals surface area contributed by atoms with Gasteiger partial charge in [0.05, 0.1) is 5.02 Å². The summed E-state index contributed by atoms with van der Waals surface area (Å²) in [6, 6.07) is 14.1. The van der Waals surface area contributed by atoms with Crippen molar-refractivity contribution >= 4 is 38.9 Å². The Bertz CT molecular complexity index is 831. The van der Waals surface area contributed by atoms with Crippen LogP contribution in [0.3, 0.4) is 0 Å². The Labute approximate surface area is 136 Å². The first-order chi connectivity index (χ1) is 10.6. The molecule has 112 valence electrons. The van der Waals surface area contributed by atoms with Gasteiger partial charge in [0.1, 0.15) is 10.7 Å². The lowest BCUT2D eigenvalue weighted by Gasteiger charge is -2.16. The van der Waals surface area contributed by atoms with E-state index in [4.69, 9.17) is 11.6 Å². The van der Waals surface area contributed by atoms with Crippen molar-refractivity contribution in [3.8, 4) is 0 Å². The molecule has 0 saturated carbocycles. The van der Waals surface area contributed by atoms with Crippen LogP contribution in [0.4, 0.5) is 4.39 Å². The molecule has 5 heteroatoms. The van der Waals surface area contributed by atoms with Gasteiger partial charge in [0.25, 0.3) is 5.91 Å². The van der Waals surface area contributed by atoms with Crippen LogP contribution in [0.15, 0.2) is 48.5 Å². The van der Waals surface area contributed by atoms with Crippen LogP contribution in [0.2, 0.25) is 5.02 Å². The van der Waals surface area contributed by atoms with Crippen molar-refractivity contribution in [2.45, 2.75) is 6.54 Å². The van der Waals surface area contributed by atoms with Crippen LogP contribution in [0.1, 0.15) is 15.2 Å². The zero-order chi connectivity index (χ0) is 15.7. The Morgan fingerprint density at radius 2 is 1.95 bits per heavy atom. The molecule has 0 N–H and O–H groups in total. The molecule has 2 aromatic carbocycles. The Balaban J connectivity index is 1.90. The number of benzene rings is 2. The highest BCUT2D eigenvalue weighted by Crippen LogP contribution is 2.36. The first kappa shape index (κ1) is 15.0. The first-order valence-electron chi connectivity index (χ1n) is 6.73. The summed E-state index contributed by atoms with van der Waals surface area (Å²) in [4.78, 5) is 14.6. The lowest BCUT2D eigenvalue weighted by atomic mass is 10.2. The lowest BCUT2D eigenvalue weighted by molar-refractivity contribution is 0.0790. The van der Waals surface area contributed by atoms with Crippen LogP contribution in [0, 0.1) is 5.82 Å². The van der Waals surface area contributed by atoms with Crippen molar-refractivity contribution in [1.82, 2.24) is 4.90 Å². The highest BCUT2D eigenvalue weighted by molar-refractivity contribution is 7.21. The fraction of sp³-hybridized carbons (Fsp3) is 0.118. The first-order valence-corrected chi connectivity index (χ1v) is 7.92. The second-order valence-corrected chi connectivity index (χ2v) is 6.46. The van der Waals surface area contributed by atoms with Gasteiger partial charge in [0.15, 0.2) is 0 Å². The predicted molar refractivity (Wildman–Crippen MR) is 89.0 cm³/mol. The molecule has 1 amide bonds. The Hall–Kier alpha value is -1.91. The second-order valence-electron chi connectivity index (χ2n) is 5.03. The number of thiophene rings is 1. The van der Waals surface area contributed by atoms with Gasteiger partial charge in [-0.2, -0.15) is 0 Å². The number of hydrogen-bond acceptors (Lipinski definition) is 2. The minimum atomic E-state index is -0.331. The Morgan fingerprint density at radius 3 is 2.68 bits per heavy atom. The molecule has 0 spiro atoms. The van der Waals surface area contributed by atoms with E-state index in [1.165, 1.54) is 23.5 Å². The van der Waals surface area contributed by atoms with Gasteiger partial charge in [0, 0.05) is 23.7 Å². The van der Waals surface area contributed by atoms with Gasteiger partial charge >= 0.3 is 0 Å². The van der Waals surface area contributed by atoms with Crippen LogP contribution in [-0.4, -0.2) is 17.9 Å². The van der Waals surface area contributed by atoms with Crippen LogP contribution in [0.5, 0.6) is 0 Å². The topological polar surface area (TPSA) is 20.3 Å². The SMILES string of the molecule is CN(Cc1ccccc1)C(=O)c1sc2cc(F)ccc2c1Cl. The molecule has 0 radical (unpaired) electrons. The number of amides is 1. The molecule has 0 fully saturated rings. The van der Waals surface area contributed by atoms with Crippen LogP contribution in [-0.2, 0) is 6.54 Å². The molecule has 2 nitrogen and oxygen atoms in total. The van der Waals surface area contributed by atoms with E-state index in [0.29, 0.717) is 26.5 Å². The summed E-state index contributed by atoms with van der Waals surface area (Å²) in [5.41, 5.74) is 1.04. The molecule has 0 atom stereocenters. The maximum Gasteiger partial charge on any atom is 0.265 e. The van der Waals surface area contributed by atoms with Crippen molar-refractivity contribution in [3.63, 3.8) is 0 Å². The van der Waals surface area contributed by atoms with E-state index in [1.807, 2.05) is 30.3 Å². The van der Waals surface area contributed by atoms with E-state index < -0.39 is 0 Å². The number of hydrogen-bond donors (Lipinski definition) is 0. The maximum atomic E-state index is 13.3. The summed E-state index contributed by atoms with van der Waals surface area (Å²) in [7, 11) is 1.73. The molecule has 3 rings (SSSR count). The molecule has 0 bridgehead atoms. The molecule has 1 aromatic heterocycles. The monoisotopic (exact) mass is 333 g/mol. The van der Waals surface area contributed by atoms with Crippen molar-refractivity contribution in [3.05, 3.63) is 69.8 Å². The number of rotatable bonds is 3. The van der Waals surface area contributed by atoms with Gasteiger partial charge < -0.3 is 4.90 Å². The molecule has 1 heterocycles. The quantitative estimate of drug-likeness (QED) is 0.663. The molecule has 22 heavy (non-hydrogen) atoms. The summed E-state index contributed by atoms with van der Waals surface area (Å²) in [5.74, 6) is -0.488. The van der Waals surface area contributed by atoms with Gasteiger partial charge in [-0.1, -0.05) is 41.9 Å². The van der Waals surface area contributed by atoms with E-state index in [0.717, 1.165) is 5.56 Å². The average molecular weight is 334 g/mol. The number of carbonyl (C=O) groups excluding carboxylic acids is 1. The summed E-state index contributed by atoms with van der Waals surface area (Å²) in [6.07, 6.45) is 0. The summed E-state index contributed by atoms with van der Waals surface area (Å²) in [6.45, 7) is 0.499. The van der Waals surface area contributed by atoms with Gasteiger partial charge in [0.2, 0.25) is 0 Å². The van der Waals surface area contributed by atoms with Crippen LogP contribution >= 0.6 is 22.9 Å². The van der Waals surface area contributed by atoms with Crippen LogP contribution in [0.25, 0.3) is 10.1 Å². The number of fused-ring (bicyclic) bond motifs is 1. The number of halogens is 2. The van der Waals surface area contributed by atoms with E-state index in [-0.39, 0.29) is 11.7 Å². The lowest BCUT2D eigenvalue weighted by Crippen LogP contribution is -2.25. The Kier molecular flexibility index (Phi) is 4.14. The van der Waals surface area contributed by atoms with Gasteiger partial charge in [-0.05, 0) is 23.8 Å². The number of nitrogens with zero attached hydrogens (tertiary/aromatic N) is 1. The van der Waals surface area contributed by atoms with E-state index in [2.05, 4.69) is 0 Å². The minimum absolute atomic E-state index is 0.157. The smallest absolute Gasteiger partial charge is 0.265 e. The summed E-state index contributed by atoms with van der Waals surface area (Å²) >= 11 is 7.51. The molecule has 3 aromatic rings. The molecule has 0 saturated heterocycles. The zero-order valence-corrected chi connectivity index (χ0v) is 13.4. The largest absolute Gasteiger partial charge is 0.337 e. The molecule has 0 aliphatic carbocycles. The van der Waals surface area contributed by atoms with Crippen molar-refractivity contribution in [1.29, 1.82) is 0 Å².